The maximum atomic E-state index is 12.2. The van der Waals surface area contributed by atoms with E-state index in [1.54, 1.807) is 0 Å². The van der Waals surface area contributed by atoms with Crippen LogP contribution in [0.15, 0.2) is 59.4 Å². The summed E-state index contributed by atoms with van der Waals surface area (Å²) < 4.78 is 0. The van der Waals surface area contributed by atoms with Gasteiger partial charge in [0.05, 0.1) is 0 Å². The minimum absolute atomic E-state index is 0.00851. The van der Waals surface area contributed by atoms with Crippen molar-refractivity contribution in [2.45, 2.75) is 32.6 Å². The lowest BCUT2D eigenvalue weighted by Crippen LogP contribution is -2.28. The molecule has 134 valence electrons. The molecule has 0 spiro atoms. The summed E-state index contributed by atoms with van der Waals surface area (Å²) in [4.78, 5) is 27.3. The standard InChI is InChI=1S/C22H24N2O2/c1-15-8-9-18-14-19(22(26)24-20(18)12-15)10-11-23-21(25)13-16(2)17-6-4-3-5-7-17/h3-9,12,14,16H,10-11,13H2,1-2H3,(H,23,25)(H,24,26). The predicted molar refractivity (Wildman–Crippen MR) is 105 cm³/mol. The molecule has 2 N–H and O–H groups in total. The fourth-order valence-corrected chi connectivity index (χ4v) is 3.13. The number of nitrogens with one attached hydrogen (secondary N) is 2. The highest BCUT2D eigenvalue weighted by atomic mass is 16.1. The molecule has 1 amide bonds. The summed E-state index contributed by atoms with van der Waals surface area (Å²) in [6.07, 6.45) is 0.960. The minimum Gasteiger partial charge on any atom is -0.356 e. The van der Waals surface area contributed by atoms with Gasteiger partial charge in [0.1, 0.15) is 0 Å². The number of amides is 1. The summed E-state index contributed by atoms with van der Waals surface area (Å²) in [6, 6.07) is 17.9. The summed E-state index contributed by atoms with van der Waals surface area (Å²) in [5.74, 6) is 0.178. The van der Waals surface area contributed by atoms with Crippen molar-refractivity contribution in [2.75, 3.05) is 6.54 Å². The van der Waals surface area contributed by atoms with E-state index in [9.17, 15) is 9.59 Å². The Balaban J connectivity index is 1.57. The van der Waals surface area contributed by atoms with Crippen LogP contribution in [-0.2, 0) is 11.2 Å². The number of fused-ring (bicyclic) bond motifs is 1. The van der Waals surface area contributed by atoms with Gasteiger partial charge in [-0.15, -0.1) is 0 Å². The molecular formula is C22H24N2O2. The normalized spacial score (nSPS) is 12.1. The van der Waals surface area contributed by atoms with Gasteiger partial charge in [-0.1, -0.05) is 49.4 Å². The first-order chi connectivity index (χ1) is 12.5. The molecule has 1 heterocycles. The molecule has 0 fully saturated rings. The second-order valence-electron chi connectivity index (χ2n) is 6.83. The molecule has 0 saturated heterocycles. The minimum atomic E-state index is -0.0880. The van der Waals surface area contributed by atoms with E-state index in [0.29, 0.717) is 24.9 Å². The Bertz CT molecular complexity index is 961. The molecule has 1 unspecified atom stereocenters. The number of pyridine rings is 1. The molecule has 0 bridgehead atoms. The highest BCUT2D eigenvalue weighted by Crippen LogP contribution is 2.18. The van der Waals surface area contributed by atoms with Crippen LogP contribution in [-0.4, -0.2) is 17.4 Å². The van der Waals surface area contributed by atoms with Gasteiger partial charge >= 0.3 is 0 Å². The van der Waals surface area contributed by atoms with E-state index in [1.807, 2.05) is 68.4 Å². The number of hydrogen-bond donors (Lipinski definition) is 2. The van der Waals surface area contributed by atoms with Gasteiger partial charge in [0.15, 0.2) is 0 Å². The van der Waals surface area contributed by atoms with E-state index in [1.165, 1.54) is 0 Å². The molecule has 1 aromatic heterocycles. The maximum Gasteiger partial charge on any atom is 0.251 e. The molecule has 4 nitrogen and oxygen atoms in total. The summed E-state index contributed by atoms with van der Waals surface area (Å²) in [5, 5.41) is 3.93. The predicted octanol–water partition coefficient (Wildman–Crippen LogP) is 3.69. The monoisotopic (exact) mass is 348 g/mol. The molecule has 0 saturated carbocycles. The van der Waals surface area contributed by atoms with E-state index in [2.05, 4.69) is 10.3 Å². The lowest BCUT2D eigenvalue weighted by molar-refractivity contribution is -0.121. The van der Waals surface area contributed by atoms with Crippen LogP contribution in [0.5, 0.6) is 0 Å². The van der Waals surface area contributed by atoms with E-state index >= 15 is 0 Å². The van der Waals surface area contributed by atoms with Crippen LogP contribution < -0.4 is 10.9 Å². The fraction of sp³-hybridized carbons (Fsp3) is 0.273. The van der Waals surface area contributed by atoms with Gasteiger partial charge < -0.3 is 10.3 Å². The van der Waals surface area contributed by atoms with Crippen LogP contribution in [0.4, 0.5) is 0 Å². The Labute approximate surface area is 153 Å². The Morgan fingerprint density at radius 1 is 1.12 bits per heavy atom. The van der Waals surface area contributed by atoms with E-state index < -0.39 is 0 Å². The first-order valence-corrected chi connectivity index (χ1v) is 8.97. The Hall–Kier alpha value is -2.88. The number of aryl methyl sites for hydroxylation is 1. The highest BCUT2D eigenvalue weighted by molar-refractivity contribution is 5.79. The van der Waals surface area contributed by atoms with Crippen LogP contribution in [0.25, 0.3) is 10.9 Å². The van der Waals surface area contributed by atoms with Gasteiger partial charge in [-0.2, -0.15) is 0 Å². The van der Waals surface area contributed by atoms with E-state index in [4.69, 9.17) is 0 Å². The molecule has 4 heteroatoms. The third kappa shape index (κ3) is 4.39. The number of carbonyl (C=O) groups excluding carboxylic acids is 1. The molecule has 3 aromatic rings. The Morgan fingerprint density at radius 3 is 2.65 bits per heavy atom. The zero-order valence-electron chi connectivity index (χ0n) is 15.2. The molecule has 0 aliphatic carbocycles. The van der Waals surface area contributed by atoms with Crippen molar-refractivity contribution >= 4 is 16.8 Å². The van der Waals surface area contributed by atoms with Crippen molar-refractivity contribution in [1.29, 1.82) is 0 Å². The van der Waals surface area contributed by atoms with Crippen molar-refractivity contribution < 1.29 is 4.79 Å². The number of hydrogen-bond acceptors (Lipinski definition) is 2. The van der Waals surface area contributed by atoms with Crippen LogP contribution in [0.2, 0.25) is 0 Å². The second kappa shape index (κ2) is 8.00. The van der Waals surface area contributed by atoms with E-state index in [-0.39, 0.29) is 17.4 Å². The van der Waals surface area contributed by atoms with Crippen LogP contribution in [0.3, 0.4) is 0 Å². The molecule has 0 aliphatic heterocycles. The highest BCUT2D eigenvalue weighted by Gasteiger charge is 2.11. The molecular weight excluding hydrogens is 324 g/mol. The lowest BCUT2D eigenvalue weighted by Gasteiger charge is -2.12. The summed E-state index contributed by atoms with van der Waals surface area (Å²) >= 11 is 0. The van der Waals surface area contributed by atoms with Crippen LogP contribution in [0.1, 0.15) is 36.0 Å². The fourth-order valence-electron chi connectivity index (χ4n) is 3.13. The van der Waals surface area contributed by atoms with Crippen molar-refractivity contribution in [1.82, 2.24) is 10.3 Å². The molecule has 26 heavy (non-hydrogen) atoms. The van der Waals surface area contributed by atoms with Crippen molar-refractivity contribution in [2.24, 2.45) is 0 Å². The van der Waals surface area contributed by atoms with Crippen molar-refractivity contribution in [3.8, 4) is 0 Å². The number of H-pyrrole nitrogens is 1. The number of benzene rings is 2. The van der Waals surface area contributed by atoms with E-state index in [0.717, 1.165) is 22.0 Å². The molecule has 3 rings (SSSR count). The maximum absolute atomic E-state index is 12.2. The quantitative estimate of drug-likeness (QED) is 0.714. The third-order valence-electron chi connectivity index (χ3n) is 4.66. The topological polar surface area (TPSA) is 62.0 Å². The summed E-state index contributed by atoms with van der Waals surface area (Å²) in [7, 11) is 0. The molecule has 2 aromatic carbocycles. The Morgan fingerprint density at radius 2 is 1.88 bits per heavy atom. The molecule has 1 atom stereocenters. The number of aromatic nitrogens is 1. The van der Waals surface area contributed by atoms with Crippen molar-refractivity contribution in [3.05, 3.63) is 81.6 Å². The summed E-state index contributed by atoms with van der Waals surface area (Å²) in [5.41, 5.74) is 3.72. The average Bonchev–Trinajstić information content (AvgIpc) is 2.63. The van der Waals surface area contributed by atoms with Gasteiger partial charge in [0.25, 0.3) is 5.56 Å². The first-order valence-electron chi connectivity index (χ1n) is 8.97. The van der Waals surface area contributed by atoms with Gasteiger partial charge in [0.2, 0.25) is 5.91 Å². The van der Waals surface area contributed by atoms with Crippen LogP contribution in [0, 0.1) is 6.92 Å². The zero-order chi connectivity index (χ0) is 18.5. The average molecular weight is 348 g/mol. The molecule has 0 radical (unpaired) electrons. The number of rotatable bonds is 6. The largest absolute Gasteiger partial charge is 0.356 e. The van der Waals surface area contributed by atoms with Gasteiger partial charge in [-0.25, -0.2) is 0 Å². The number of carbonyl (C=O) groups is 1. The smallest absolute Gasteiger partial charge is 0.251 e. The van der Waals surface area contributed by atoms with Crippen molar-refractivity contribution in [3.63, 3.8) is 0 Å². The third-order valence-corrected chi connectivity index (χ3v) is 4.66. The van der Waals surface area contributed by atoms with Gasteiger partial charge in [0, 0.05) is 24.0 Å². The summed E-state index contributed by atoms with van der Waals surface area (Å²) in [6.45, 7) is 4.50. The lowest BCUT2D eigenvalue weighted by atomic mass is 9.97. The zero-order valence-corrected chi connectivity index (χ0v) is 15.2. The van der Waals surface area contributed by atoms with Gasteiger partial charge in [-0.05, 0) is 47.9 Å². The first kappa shape index (κ1) is 17.9. The second-order valence-corrected chi connectivity index (χ2v) is 6.83. The Kier molecular flexibility index (Phi) is 5.52. The molecule has 0 aliphatic rings. The van der Waals surface area contributed by atoms with Crippen LogP contribution >= 0.6 is 0 Å². The number of aromatic amines is 1. The SMILES string of the molecule is Cc1ccc2cc(CCNC(=O)CC(C)c3ccccc3)c(=O)[nH]c2c1. The van der Waals surface area contributed by atoms with Gasteiger partial charge in [-0.3, -0.25) is 9.59 Å².